The number of rotatable bonds is 10. The summed E-state index contributed by atoms with van der Waals surface area (Å²) in [5.41, 5.74) is 0.801. The first-order chi connectivity index (χ1) is 20.6. The molecule has 4 fully saturated rings. The van der Waals surface area contributed by atoms with Crippen LogP contribution in [-0.4, -0.2) is 57.9 Å². The number of carboxylic acids is 2. The second-order valence-electron chi connectivity index (χ2n) is 12.5. The van der Waals surface area contributed by atoms with Gasteiger partial charge in [0.15, 0.2) is 0 Å². The van der Waals surface area contributed by atoms with E-state index in [9.17, 15) is 34.2 Å². The molecule has 7 rings (SSSR count). The van der Waals surface area contributed by atoms with E-state index in [2.05, 4.69) is 20.9 Å². The Morgan fingerprint density at radius 2 is 1.37 bits per heavy atom. The van der Waals surface area contributed by atoms with E-state index < -0.39 is 23.8 Å². The van der Waals surface area contributed by atoms with Crippen molar-refractivity contribution in [3.05, 3.63) is 64.8 Å². The molecule has 224 valence electrons. The molecule has 4 saturated carbocycles. The molecule has 6 N–H and O–H groups in total. The van der Waals surface area contributed by atoms with Gasteiger partial charge in [0.1, 0.15) is 0 Å². The van der Waals surface area contributed by atoms with Crippen molar-refractivity contribution in [3.8, 4) is 0 Å². The molecular formula is C32H34N4O7. The largest absolute Gasteiger partial charge is 0.478 e. The van der Waals surface area contributed by atoms with Crippen molar-refractivity contribution in [2.75, 3.05) is 18.4 Å². The summed E-state index contributed by atoms with van der Waals surface area (Å²) in [6.07, 6.45) is 8.99. The lowest BCUT2D eigenvalue weighted by molar-refractivity contribution is -0.116. The fourth-order valence-electron chi connectivity index (χ4n) is 7.90. The second-order valence-corrected chi connectivity index (χ2v) is 12.5. The van der Waals surface area contributed by atoms with Crippen molar-refractivity contribution in [2.45, 2.75) is 44.9 Å². The Labute approximate surface area is 247 Å². The molecule has 1 aromatic heterocycles. The maximum Gasteiger partial charge on any atom is 0.335 e. The fourth-order valence-corrected chi connectivity index (χ4v) is 7.90. The first-order valence-electron chi connectivity index (χ1n) is 14.7. The normalized spacial score (nSPS) is 23.6. The third kappa shape index (κ3) is 5.97. The summed E-state index contributed by atoms with van der Waals surface area (Å²) in [6, 6.07) is 8.47. The van der Waals surface area contributed by atoms with Gasteiger partial charge in [-0.1, -0.05) is 0 Å². The molecular weight excluding hydrogens is 552 g/mol. The van der Waals surface area contributed by atoms with Crippen LogP contribution in [0.3, 0.4) is 0 Å². The molecule has 11 heteroatoms. The summed E-state index contributed by atoms with van der Waals surface area (Å²) < 4.78 is 0. The highest BCUT2D eigenvalue weighted by Gasteiger charge is 2.50. The zero-order valence-electron chi connectivity index (χ0n) is 23.6. The molecule has 0 spiro atoms. The Bertz CT molecular complexity index is 1570. The first kappa shape index (κ1) is 28.4. The highest BCUT2D eigenvalue weighted by atomic mass is 16.4. The molecule has 1 heterocycles. The SMILES string of the molecule is O=C(CCNC(=O)c1cc2cc[nH]c2cc1C(=O)NCC12CC3CC(CC(C3)C1)C2)Nc1cc(C(=O)O)cc(C(=O)O)c1. The minimum Gasteiger partial charge on any atom is -0.478 e. The molecule has 0 radical (unpaired) electrons. The van der Waals surface area contributed by atoms with Gasteiger partial charge in [-0.15, -0.1) is 0 Å². The molecule has 4 aliphatic rings. The number of H-pyrrole nitrogens is 1. The summed E-state index contributed by atoms with van der Waals surface area (Å²) in [4.78, 5) is 65.1. The first-order valence-corrected chi connectivity index (χ1v) is 14.7. The number of aromatic nitrogens is 1. The lowest BCUT2D eigenvalue weighted by atomic mass is 9.49. The minimum atomic E-state index is -1.33. The summed E-state index contributed by atoms with van der Waals surface area (Å²) in [5, 5.41) is 27.6. The van der Waals surface area contributed by atoms with Crippen molar-refractivity contribution >= 4 is 46.3 Å². The molecule has 0 atom stereocenters. The summed E-state index contributed by atoms with van der Waals surface area (Å²) in [6.45, 7) is 0.542. The van der Waals surface area contributed by atoms with Crippen LogP contribution < -0.4 is 16.0 Å². The van der Waals surface area contributed by atoms with Crippen LogP contribution in [0.15, 0.2) is 42.6 Å². The Balaban J connectivity index is 1.10. The number of aromatic carboxylic acids is 2. The molecule has 4 bridgehead atoms. The molecule has 4 aliphatic carbocycles. The number of carbonyl (C=O) groups is 5. The zero-order valence-corrected chi connectivity index (χ0v) is 23.6. The van der Waals surface area contributed by atoms with Crippen LogP contribution in [0.2, 0.25) is 0 Å². The van der Waals surface area contributed by atoms with Crippen LogP contribution in [0.5, 0.6) is 0 Å². The number of nitrogens with one attached hydrogen (secondary N) is 4. The van der Waals surface area contributed by atoms with Gasteiger partial charge >= 0.3 is 11.9 Å². The van der Waals surface area contributed by atoms with E-state index in [0.717, 1.165) is 66.1 Å². The monoisotopic (exact) mass is 586 g/mol. The minimum absolute atomic E-state index is 0.0181. The van der Waals surface area contributed by atoms with E-state index in [-0.39, 0.29) is 52.2 Å². The number of hydrogen-bond acceptors (Lipinski definition) is 5. The van der Waals surface area contributed by atoms with Crippen LogP contribution in [0.25, 0.3) is 10.9 Å². The maximum atomic E-state index is 13.5. The summed E-state index contributed by atoms with van der Waals surface area (Å²) in [7, 11) is 0. The van der Waals surface area contributed by atoms with E-state index in [1.165, 1.54) is 19.3 Å². The molecule has 11 nitrogen and oxygen atoms in total. The number of carbonyl (C=O) groups excluding carboxylic acids is 3. The molecule has 2 aromatic carbocycles. The number of fused-ring (bicyclic) bond motifs is 1. The van der Waals surface area contributed by atoms with Gasteiger partial charge in [-0.05, 0) is 98.1 Å². The Morgan fingerprint density at radius 1 is 0.791 bits per heavy atom. The van der Waals surface area contributed by atoms with Gasteiger partial charge in [0, 0.05) is 42.3 Å². The molecule has 43 heavy (non-hydrogen) atoms. The van der Waals surface area contributed by atoms with E-state index in [1.807, 2.05) is 6.07 Å². The van der Waals surface area contributed by atoms with E-state index in [0.29, 0.717) is 6.54 Å². The van der Waals surface area contributed by atoms with Gasteiger partial charge in [0.25, 0.3) is 11.8 Å². The van der Waals surface area contributed by atoms with E-state index in [4.69, 9.17) is 0 Å². The molecule has 3 amide bonds. The number of benzene rings is 2. The van der Waals surface area contributed by atoms with Crippen molar-refractivity contribution in [1.29, 1.82) is 0 Å². The quantitative estimate of drug-likeness (QED) is 0.205. The van der Waals surface area contributed by atoms with Gasteiger partial charge in [0.2, 0.25) is 5.91 Å². The highest BCUT2D eigenvalue weighted by molar-refractivity contribution is 6.10. The lowest BCUT2D eigenvalue weighted by Gasteiger charge is -2.56. The number of hydrogen-bond donors (Lipinski definition) is 6. The molecule has 0 aliphatic heterocycles. The predicted molar refractivity (Wildman–Crippen MR) is 157 cm³/mol. The van der Waals surface area contributed by atoms with Crippen LogP contribution in [0.1, 0.15) is 86.4 Å². The van der Waals surface area contributed by atoms with E-state index >= 15 is 0 Å². The maximum absolute atomic E-state index is 13.5. The van der Waals surface area contributed by atoms with Gasteiger partial charge in [-0.25, -0.2) is 9.59 Å². The van der Waals surface area contributed by atoms with Crippen LogP contribution >= 0.6 is 0 Å². The van der Waals surface area contributed by atoms with Crippen molar-refractivity contribution in [1.82, 2.24) is 15.6 Å². The molecule has 0 saturated heterocycles. The van der Waals surface area contributed by atoms with Gasteiger partial charge in [-0.3, -0.25) is 14.4 Å². The third-order valence-electron chi connectivity index (χ3n) is 9.32. The van der Waals surface area contributed by atoms with Crippen molar-refractivity contribution < 1.29 is 34.2 Å². The third-order valence-corrected chi connectivity index (χ3v) is 9.32. The standard InChI is InChI=1S/C32H34N4O7/c37-27(36-23-9-21(30(40)41)8-22(10-23)31(42)43)2-4-34-28(38)24-11-20-1-3-33-26(20)12-25(24)29(39)35-16-32-13-17-5-18(14-32)7-19(6-17)15-32/h1,3,8-12,17-19,33H,2,4-7,13-16H2,(H,34,38)(H,35,39)(H,36,37)(H,40,41)(H,42,43). The average molecular weight is 587 g/mol. The van der Waals surface area contributed by atoms with Crippen molar-refractivity contribution in [3.63, 3.8) is 0 Å². The Kier molecular flexibility index (Phi) is 7.41. The number of amides is 3. The molecule has 3 aromatic rings. The fraction of sp³-hybridized carbons (Fsp3) is 0.406. The predicted octanol–water partition coefficient (Wildman–Crippen LogP) is 4.27. The van der Waals surface area contributed by atoms with Crippen LogP contribution in [0.4, 0.5) is 5.69 Å². The topological polar surface area (TPSA) is 178 Å². The van der Waals surface area contributed by atoms with Crippen LogP contribution in [-0.2, 0) is 4.79 Å². The van der Waals surface area contributed by atoms with Crippen molar-refractivity contribution in [2.24, 2.45) is 23.2 Å². The summed E-state index contributed by atoms with van der Waals surface area (Å²) >= 11 is 0. The second kappa shape index (κ2) is 11.2. The van der Waals surface area contributed by atoms with Gasteiger partial charge in [-0.2, -0.15) is 0 Å². The number of aromatic amines is 1. The average Bonchev–Trinajstić information content (AvgIpc) is 3.42. The van der Waals surface area contributed by atoms with E-state index in [1.54, 1.807) is 18.3 Å². The number of carboxylic acid groups (broad SMARTS) is 2. The number of anilines is 1. The summed E-state index contributed by atoms with van der Waals surface area (Å²) in [5.74, 6) is -1.73. The zero-order chi connectivity index (χ0) is 30.3. The Morgan fingerprint density at radius 3 is 1.98 bits per heavy atom. The smallest absolute Gasteiger partial charge is 0.335 e. The molecule has 0 unspecified atom stereocenters. The van der Waals surface area contributed by atoms with Gasteiger partial charge < -0.3 is 31.1 Å². The highest BCUT2D eigenvalue weighted by Crippen LogP contribution is 2.59. The lowest BCUT2D eigenvalue weighted by Crippen LogP contribution is -2.51. The van der Waals surface area contributed by atoms with Gasteiger partial charge in [0.05, 0.1) is 22.3 Å². The Hall–Kier alpha value is -4.67. The van der Waals surface area contributed by atoms with Crippen LogP contribution in [0, 0.1) is 23.2 Å².